The Morgan fingerprint density at radius 2 is 1.75 bits per heavy atom. The van der Waals surface area contributed by atoms with Crippen molar-refractivity contribution in [2.45, 2.75) is 51.7 Å². The van der Waals surface area contributed by atoms with E-state index >= 15 is 0 Å². The van der Waals surface area contributed by atoms with Gasteiger partial charge in [0, 0.05) is 0 Å². The second-order valence-electron chi connectivity index (χ2n) is 5.04. The van der Waals surface area contributed by atoms with Gasteiger partial charge in [0.1, 0.15) is 0 Å². The molecule has 0 amide bonds. The number of carboxylic acid groups (broad SMARTS) is 1. The van der Waals surface area contributed by atoms with Gasteiger partial charge in [-0.25, -0.2) is 8.42 Å². The van der Waals surface area contributed by atoms with Crippen LogP contribution < -0.4 is 0 Å². The molecule has 0 rings (SSSR count). The number of aliphatic carboxylic acids is 1. The van der Waals surface area contributed by atoms with Gasteiger partial charge in [0.05, 0.1) is 16.4 Å². The quantitative estimate of drug-likeness (QED) is 0.783. The van der Waals surface area contributed by atoms with Crippen LogP contribution in [0.4, 0.5) is 0 Å². The Kier molecular flexibility index (Phi) is 5.46. The highest BCUT2D eigenvalue weighted by molar-refractivity contribution is 7.92. The molecule has 5 heteroatoms. The first-order chi connectivity index (χ1) is 7.12. The Balaban J connectivity index is 4.49. The van der Waals surface area contributed by atoms with Gasteiger partial charge < -0.3 is 5.11 Å². The van der Waals surface area contributed by atoms with Gasteiger partial charge in [-0.2, -0.15) is 0 Å². The number of carboxylic acids is 1. The average molecular weight is 250 g/mol. The molecule has 0 aromatic heterocycles. The van der Waals surface area contributed by atoms with E-state index in [1.54, 1.807) is 20.8 Å². The third kappa shape index (κ3) is 4.51. The van der Waals surface area contributed by atoms with E-state index in [1.165, 1.54) is 0 Å². The van der Waals surface area contributed by atoms with Crippen LogP contribution in [0.25, 0.3) is 0 Å². The molecular formula is C11H22O4S. The van der Waals surface area contributed by atoms with E-state index < -0.39 is 26.5 Å². The van der Waals surface area contributed by atoms with Gasteiger partial charge in [-0.05, 0) is 33.6 Å². The predicted octanol–water partition coefficient (Wildman–Crippen LogP) is 2.09. The van der Waals surface area contributed by atoms with E-state index in [2.05, 4.69) is 0 Å². The normalized spacial score (nSPS) is 14.8. The van der Waals surface area contributed by atoms with Crippen molar-refractivity contribution in [3.05, 3.63) is 0 Å². The minimum absolute atomic E-state index is 0.0481. The molecule has 0 heterocycles. The number of sulfone groups is 1. The summed E-state index contributed by atoms with van der Waals surface area (Å²) in [5.41, 5.74) is 0. The Morgan fingerprint density at radius 3 is 2.06 bits per heavy atom. The zero-order valence-electron chi connectivity index (χ0n) is 10.5. The van der Waals surface area contributed by atoms with Gasteiger partial charge in [-0.1, -0.05) is 13.3 Å². The summed E-state index contributed by atoms with van der Waals surface area (Å²) in [6, 6.07) is 0. The lowest BCUT2D eigenvalue weighted by molar-refractivity contribution is -0.142. The van der Waals surface area contributed by atoms with Crippen LogP contribution in [-0.4, -0.2) is 30.0 Å². The van der Waals surface area contributed by atoms with Crippen molar-refractivity contribution in [2.75, 3.05) is 5.75 Å². The highest BCUT2D eigenvalue weighted by Gasteiger charge is 2.30. The average Bonchev–Trinajstić information content (AvgIpc) is 2.09. The molecule has 0 aromatic carbocycles. The maximum atomic E-state index is 11.8. The van der Waals surface area contributed by atoms with Gasteiger partial charge in [-0.15, -0.1) is 0 Å². The molecule has 0 saturated carbocycles. The Bertz CT molecular complexity index is 324. The van der Waals surface area contributed by atoms with Crippen LogP contribution in [0.1, 0.15) is 47.0 Å². The van der Waals surface area contributed by atoms with Gasteiger partial charge in [0.15, 0.2) is 9.84 Å². The molecule has 0 aliphatic rings. The van der Waals surface area contributed by atoms with Crippen LogP contribution in [-0.2, 0) is 14.6 Å². The highest BCUT2D eigenvalue weighted by Crippen LogP contribution is 2.20. The second kappa shape index (κ2) is 5.66. The smallest absolute Gasteiger partial charge is 0.306 e. The van der Waals surface area contributed by atoms with Crippen LogP contribution in [0.3, 0.4) is 0 Å². The summed E-state index contributed by atoms with van der Waals surface area (Å²) in [7, 11) is -3.21. The summed E-state index contributed by atoms with van der Waals surface area (Å²) < 4.78 is 22.8. The van der Waals surface area contributed by atoms with Crippen molar-refractivity contribution >= 4 is 15.8 Å². The van der Waals surface area contributed by atoms with Crippen LogP contribution in [0.5, 0.6) is 0 Å². The van der Waals surface area contributed by atoms with Crippen molar-refractivity contribution in [1.82, 2.24) is 0 Å². The molecule has 1 unspecified atom stereocenters. The largest absolute Gasteiger partial charge is 0.481 e. The van der Waals surface area contributed by atoms with Crippen molar-refractivity contribution in [3.8, 4) is 0 Å². The molecule has 0 aliphatic heterocycles. The van der Waals surface area contributed by atoms with Gasteiger partial charge in [0.25, 0.3) is 0 Å². The molecule has 0 fully saturated rings. The zero-order valence-corrected chi connectivity index (χ0v) is 11.3. The van der Waals surface area contributed by atoms with E-state index in [1.807, 2.05) is 6.92 Å². The van der Waals surface area contributed by atoms with E-state index in [-0.39, 0.29) is 12.2 Å². The first-order valence-corrected chi connectivity index (χ1v) is 7.22. The zero-order chi connectivity index (χ0) is 13.0. The molecule has 16 heavy (non-hydrogen) atoms. The molecule has 0 aromatic rings. The van der Waals surface area contributed by atoms with E-state index in [9.17, 15) is 13.2 Å². The van der Waals surface area contributed by atoms with Crippen LogP contribution in [0.15, 0.2) is 0 Å². The molecule has 0 spiro atoms. The first-order valence-electron chi connectivity index (χ1n) is 5.57. The molecule has 4 nitrogen and oxygen atoms in total. The second-order valence-corrected chi connectivity index (χ2v) is 7.91. The molecule has 0 radical (unpaired) electrons. The number of carbonyl (C=O) groups is 1. The maximum Gasteiger partial charge on any atom is 0.306 e. The van der Waals surface area contributed by atoms with Crippen molar-refractivity contribution in [2.24, 2.45) is 5.92 Å². The monoisotopic (exact) mass is 250 g/mol. The lowest BCUT2D eigenvalue weighted by Crippen LogP contribution is -2.32. The van der Waals surface area contributed by atoms with E-state index in [4.69, 9.17) is 5.11 Å². The fraction of sp³-hybridized carbons (Fsp3) is 0.909. The summed E-state index contributed by atoms with van der Waals surface area (Å²) in [4.78, 5) is 10.9. The van der Waals surface area contributed by atoms with Crippen LogP contribution in [0.2, 0.25) is 0 Å². The van der Waals surface area contributed by atoms with Crippen molar-refractivity contribution in [3.63, 3.8) is 0 Å². The maximum absolute atomic E-state index is 11.8. The number of hydrogen-bond donors (Lipinski definition) is 1. The lowest BCUT2D eigenvalue weighted by atomic mass is 10.0. The number of hydrogen-bond acceptors (Lipinski definition) is 3. The topological polar surface area (TPSA) is 71.4 Å². The minimum Gasteiger partial charge on any atom is -0.481 e. The third-order valence-corrected chi connectivity index (χ3v) is 5.29. The van der Waals surface area contributed by atoms with Crippen molar-refractivity contribution < 1.29 is 18.3 Å². The fourth-order valence-electron chi connectivity index (χ4n) is 1.34. The SMILES string of the molecule is CCCC(CCS(=O)(=O)C(C)(C)C)C(=O)O. The molecule has 0 bridgehead atoms. The Hall–Kier alpha value is -0.580. The Morgan fingerprint density at radius 1 is 1.25 bits per heavy atom. The van der Waals surface area contributed by atoms with Crippen molar-refractivity contribution in [1.29, 1.82) is 0 Å². The van der Waals surface area contributed by atoms with E-state index in [0.717, 1.165) is 6.42 Å². The standard InChI is InChI=1S/C11H22O4S/c1-5-6-9(10(12)13)7-8-16(14,15)11(2,3)4/h9H,5-8H2,1-4H3,(H,12,13). The molecule has 1 atom stereocenters. The van der Waals surface area contributed by atoms with Gasteiger partial charge in [-0.3, -0.25) is 4.79 Å². The van der Waals surface area contributed by atoms with Gasteiger partial charge >= 0.3 is 5.97 Å². The predicted molar refractivity (Wildman–Crippen MR) is 64.2 cm³/mol. The fourth-order valence-corrected chi connectivity index (χ4v) is 2.55. The summed E-state index contributed by atoms with van der Waals surface area (Å²) >= 11 is 0. The molecule has 96 valence electrons. The van der Waals surface area contributed by atoms with Crippen LogP contribution >= 0.6 is 0 Å². The molecular weight excluding hydrogens is 228 g/mol. The summed E-state index contributed by atoms with van der Waals surface area (Å²) in [5.74, 6) is -1.49. The third-order valence-electron chi connectivity index (χ3n) is 2.65. The molecule has 0 aliphatic carbocycles. The summed E-state index contributed by atoms with van der Waals surface area (Å²) in [6.07, 6.45) is 1.50. The van der Waals surface area contributed by atoms with Gasteiger partial charge in [0.2, 0.25) is 0 Å². The number of rotatable bonds is 6. The van der Waals surface area contributed by atoms with E-state index in [0.29, 0.717) is 6.42 Å². The summed E-state index contributed by atoms with van der Waals surface area (Å²) in [6.45, 7) is 6.81. The first kappa shape index (κ1) is 15.4. The minimum atomic E-state index is -3.21. The highest BCUT2D eigenvalue weighted by atomic mass is 32.2. The molecule has 1 N–H and O–H groups in total. The van der Waals surface area contributed by atoms with Crippen LogP contribution in [0, 0.1) is 5.92 Å². The lowest BCUT2D eigenvalue weighted by Gasteiger charge is -2.20. The Labute approximate surface area is 98.0 Å². The summed E-state index contributed by atoms with van der Waals surface area (Å²) in [5, 5.41) is 8.91. The molecule has 0 saturated heterocycles.